The van der Waals surface area contributed by atoms with Crippen molar-refractivity contribution in [1.82, 2.24) is 14.7 Å². The zero-order valence-electron chi connectivity index (χ0n) is 16.5. The highest BCUT2D eigenvalue weighted by atomic mass is 32.2. The summed E-state index contributed by atoms with van der Waals surface area (Å²) < 4.78 is 27.4. The number of rotatable bonds is 8. The van der Waals surface area contributed by atoms with E-state index in [1.807, 2.05) is 29.6 Å². The number of hydrogen-bond acceptors (Lipinski definition) is 6. The first-order valence-corrected chi connectivity index (χ1v) is 11.7. The number of amides is 1. The summed E-state index contributed by atoms with van der Waals surface area (Å²) in [5, 5.41) is 5.97. The predicted octanol–water partition coefficient (Wildman–Crippen LogP) is 3.76. The van der Waals surface area contributed by atoms with E-state index in [9.17, 15) is 13.2 Å². The third-order valence-corrected chi connectivity index (χ3v) is 6.01. The van der Waals surface area contributed by atoms with Gasteiger partial charge in [-0.2, -0.15) is 4.72 Å². The summed E-state index contributed by atoms with van der Waals surface area (Å²) in [5.41, 5.74) is 2.27. The number of pyridine rings is 1. The van der Waals surface area contributed by atoms with Gasteiger partial charge >= 0.3 is 0 Å². The number of thiazole rings is 1. The highest BCUT2D eigenvalue weighted by Crippen LogP contribution is 2.24. The van der Waals surface area contributed by atoms with Crippen LogP contribution in [0.25, 0.3) is 17.3 Å². The molecule has 9 heteroatoms. The van der Waals surface area contributed by atoms with Gasteiger partial charge in [0.15, 0.2) is 5.13 Å². The van der Waals surface area contributed by atoms with Crippen molar-refractivity contribution in [3.05, 3.63) is 71.2 Å². The second-order valence-corrected chi connectivity index (χ2v) is 9.32. The van der Waals surface area contributed by atoms with Crippen LogP contribution in [-0.2, 0) is 14.8 Å². The predicted molar refractivity (Wildman–Crippen MR) is 120 cm³/mol. The molecular weight excluding hydrogens is 420 g/mol. The molecule has 2 heterocycles. The zero-order chi connectivity index (χ0) is 21.6. The fourth-order valence-corrected chi connectivity index (χ4v) is 4.47. The summed E-state index contributed by atoms with van der Waals surface area (Å²) in [6.07, 6.45) is 4.84. The largest absolute Gasteiger partial charge is 0.301 e. The summed E-state index contributed by atoms with van der Waals surface area (Å²) in [4.78, 5) is 21.2. The third kappa shape index (κ3) is 6.06. The molecule has 0 bridgehead atoms. The lowest BCUT2D eigenvalue weighted by Crippen LogP contribution is -2.46. The monoisotopic (exact) mass is 442 g/mol. The number of benzene rings is 1. The van der Waals surface area contributed by atoms with Crippen molar-refractivity contribution in [2.75, 3.05) is 5.32 Å². The first-order chi connectivity index (χ1) is 14.3. The van der Waals surface area contributed by atoms with Crippen LogP contribution in [0, 0.1) is 5.92 Å². The fourth-order valence-electron chi connectivity index (χ4n) is 2.60. The summed E-state index contributed by atoms with van der Waals surface area (Å²) >= 11 is 1.27. The number of nitrogens with one attached hydrogen (secondary N) is 2. The minimum atomic E-state index is -3.82. The molecule has 1 unspecified atom stereocenters. The standard InChI is InChI=1S/C21H22N4O3S2/c1-15(2)19(25-30(27,28)12-10-16-7-4-3-5-8-16)20(26)24-21-23-18(14-29-21)17-9-6-11-22-13-17/h3-15,19,25H,1-2H3,(H,23,24,26)/b12-10+. The number of aromatic nitrogens is 2. The van der Waals surface area contributed by atoms with Gasteiger partial charge in [0.25, 0.3) is 0 Å². The van der Waals surface area contributed by atoms with Crippen LogP contribution in [0.1, 0.15) is 19.4 Å². The zero-order valence-corrected chi connectivity index (χ0v) is 18.2. The van der Waals surface area contributed by atoms with Gasteiger partial charge in [0, 0.05) is 28.7 Å². The molecule has 30 heavy (non-hydrogen) atoms. The number of sulfonamides is 1. The van der Waals surface area contributed by atoms with E-state index in [0.717, 1.165) is 16.5 Å². The summed E-state index contributed by atoms with van der Waals surface area (Å²) in [7, 11) is -3.82. The van der Waals surface area contributed by atoms with Crippen LogP contribution >= 0.6 is 11.3 Å². The molecule has 0 spiro atoms. The quantitative estimate of drug-likeness (QED) is 0.553. The van der Waals surface area contributed by atoms with Crippen molar-refractivity contribution in [3.8, 4) is 11.3 Å². The highest BCUT2D eigenvalue weighted by molar-refractivity contribution is 7.92. The normalized spacial score (nSPS) is 12.9. The maximum absolute atomic E-state index is 12.7. The molecule has 3 rings (SSSR count). The molecule has 0 aliphatic heterocycles. The number of carbonyl (C=O) groups is 1. The van der Waals surface area contributed by atoms with Gasteiger partial charge in [0.1, 0.15) is 6.04 Å². The van der Waals surface area contributed by atoms with Crippen molar-refractivity contribution in [3.63, 3.8) is 0 Å². The van der Waals surface area contributed by atoms with Crippen LogP contribution in [0.4, 0.5) is 5.13 Å². The Hall–Kier alpha value is -2.88. The third-order valence-electron chi connectivity index (χ3n) is 4.17. The molecule has 3 aromatic rings. The van der Waals surface area contributed by atoms with Crippen molar-refractivity contribution in [2.45, 2.75) is 19.9 Å². The van der Waals surface area contributed by atoms with Crippen LogP contribution in [0.3, 0.4) is 0 Å². The molecule has 0 aliphatic carbocycles. The maximum Gasteiger partial charge on any atom is 0.244 e. The highest BCUT2D eigenvalue weighted by Gasteiger charge is 2.27. The van der Waals surface area contributed by atoms with Crippen LogP contribution in [0.2, 0.25) is 0 Å². The lowest BCUT2D eigenvalue weighted by atomic mass is 10.1. The second-order valence-electron chi connectivity index (χ2n) is 6.87. The van der Waals surface area contributed by atoms with Gasteiger partial charge in [-0.1, -0.05) is 44.2 Å². The molecule has 1 aromatic carbocycles. The Labute approximate surface area is 180 Å². The van der Waals surface area contributed by atoms with Crippen LogP contribution < -0.4 is 10.0 Å². The van der Waals surface area contributed by atoms with Crippen molar-refractivity contribution >= 4 is 38.5 Å². The Bertz CT molecular complexity index is 1110. The van der Waals surface area contributed by atoms with Gasteiger partial charge in [0.05, 0.1) is 5.69 Å². The molecule has 2 aromatic heterocycles. The SMILES string of the molecule is CC(C)C(NS(=O)(=O)/C=C/c1ccccc1)C(=O)Nc1nc(-c2cccnc2)cs1. The van der Waals surface area contributed by atoms with E-state index in [0.29, 0.717) is 10.8 Å². The van der Waals surface area contributed by atoms with Crippen molar-refractivity contribution < 1.29 is 13.2 Å². The molecule has 0 saturated carbocycles. The van der Waals surface area contributed by atoms with E-state index in [-0.39, 0.29) is 5.92 Å². The van der Waals surface area contributed by atoms with Gasteiger partial charge in [-0.05, 0) is 29.7 Å². The number of carbonyl (C=O) groups excluding carboxylic acids is 1. The van der Waals surface area contributed by atoms with Crippen molar-refractivity contribution in [2.24, 2.45) is 5.92 Å². The van der Waals surface area contributed by atoms with Gasteiger partial charge in [-0.15, -0.1) is 11.3 Å². The Morgan fingerprint density at radius 2 is 1.90 bits per heavy atom. The van der Waals surface area contributed by atoms with E-state index in [4.69, 9.17) is 0 Å². The first kappa shape index (κ1) is 21.8. The average molecular weight is 443 g/mol. The summed E-state index contributed by atoms with van der Waals surface area (Å²) in [6.45, 7) is 3.55. The van der Waals surface area contributed by atoms with E-state index in [1.165, 1.54) is 17.4 Å². The lowest BCUT2D eigenvalue weighted by molar-refractivity contribution is -0.118. The van der Waals surface area contributed by atoms with E-state index in [1.54, 1.807) is 44.4 Å². The topological polar surface area (TPSA) is 101 Å². The van der Waals surface area contributed by atoms with Crippen molar-refractivity contribution in [1.29, 1.82) is 0 Å². The minimum absolute atomic E-state index is 0.261. The lowest BCUT2D eigenvalue weighted by Gasteiger charge is -2.20. The molecular formula is C21H22N4O3S2. The molecule has 0 aliphatic rings. The number of anilines is 1. The molecule has 7 nitrogen and oxygen atoms in total. The minimum Gasteiger partial charge on any atom is -0.301 e. The van der Waals surface area contributed by atoms with E-state index in [2.05, 4.69) is 20.0 Å². The summed E-state index contributed by atoms with van der Waals surface area (Å²) in [6, 6.07) is 11.8. The molecule has 0 fully saturated rings. The molecule has 0 saturated heterocycles. The van der Waals surface area contributed by atoms with Gasteiger partial charge in [-0.3, -0.25) is 9.78 Å². The molecule has 1 atom stereocenters. The Kier molecular flexibility index (Phi) is 7.09. The molecule has 0 radical (unpaired) electrons. The Balaban J connectivity index is 1.69. The fraction of sp³-hybridized carbons (Fsp3) is 0.190. The Morgan fingerprint density at radius 3 is 2.57 bits per heavy atom. The second kappa shape index (κ2) is 9.75. The van der Waals surface area contributed by atoms with E-state index >= 15 is 0 Å². The molecule has 156 valence electrons. The Morgan fingerprint density at radius 1 is 1.13 bits per heavy atom. The summed E-state index contributed by atoms with van der Waals surface area (Å²) in [5.74, 6) is -0.726. The number of hydrogen-bond donors (Lipinski definition) is 2. The number of nitrogens with zero attached hydrogens (tertiary/aromatic N) is 2. The maximum atomic E-state index is 12.7. The van der Waals surface area contributed by atoms with Crippen LogP contribution in [0.5, 0.6) is 0 Å². The van der Waals surface area contributed by atoms with Gasteiger partial charge in [0.2, 0.25) is 15.9 Å². The van der Waals surface area contributed by atoms with Gasteiger partial charge < -0.3 is 5.32 Å². The first-order valence-electron chi connectivity index (χ1n) is 9.26. The van der Waals surface area contributed by atoms with Gasteiger partial charge in [-0.25, -0.2) is 13.4 Å². The molecule has 1 amide bonds. The smallest absolute Gasteiger partial charge is 0.244 e. The van der Waals surface area contributed by atoms with Crippen LogP contribution in [-0.4, -0.2) is 30.3 Å². The molecule has 2 N–H and O–H groups in total. The van der Waals surface area contributed by atoms with Crippen LogP contribution in [0.15, 0.2) is 65.6 Å². The van der Waals surface area contributed by atoms with E-state index < -0.39 is 22.0 Å². The average Bonchev–Trinajstić information content (AvgIpc) is 3.20.